The minimum Gasteiger partial charge on any atom is -0.481 e. The second-order valence-electron chi connectivity index (χ2n) is 7.76. The maximum atomic E-state index is 10.4. The van der Waals surface area contributed by atoms with Crippen LogP contribution in [-0.2, 0) is 4.79 Å². The zero-order valence-electron chi connectivity index (χ0n) is 14.2. The molecule has 0 bridgehead atoms. The highest BCUT2D eigenvalue weighted by atomic mass is 16.4. The second-order valence-corrected chi connectivity index (χ2v) is 7.76. The van der Waals surface area contributed by atoms with Crippen molar-refractivity contribution < 1.29 is 9.90 Å². The van der Waals surface area contributed by atoms with Gasteiger partial charge in [-0.1, -0.05) is 44.6 Å². The molecule has 2 aliphatic carbocycles. The zero-order valence-corrected chi connectivity index (χ0v) is 14.2. The maximum absolute atomic E-state index is 10.4. The van der Waals surface area contributed by atoms with Crippen LogP contribution in [0.15, 0.2) is 11.8 Å². The van der Waals surface area contributed by atoms with Crippen molar-refractivity contribution in [1.82, 2.24) is 10.9 Å². The molecule has 3 aliphatic rings. The summed E-state index contributed by atoms with van der Waals surface area (Å²) in [6, 6.07) is 0.664. The Balaban J connectivity index is 1.33. The van der Waals surface area contributed by atoms with E-state index in [9.17, 15) is 4.79 Å². The topological polar surface area (TPSA) is 61.4 Å². The van der Waals surface area contributed by atoms with E-state index < -0.39 is 5.97 Å². The number of carboxylic acid groups (broad SMARTS) is 1. The Morgan fingerprint density at radius 2 is 1.83 bits per heavy atom. The molecule has 0 aromatic heterocycles. The number of fused-ring (bicyclic) bond motifs is 2. The molecule has 0 aromatic carbocycles. The Morgan fingerprint density at radius 1 is 1.09 bits per heavy atom. The van der Waals surface area contributed by atoms with Crippen LogP contribution in [0.2, 0.25) is 0 Å². The van der Waals surface area contributed by atoms with E-state index in [1.165, 1.54) is 50.6 Å². The van der Waals surface area contributed by atoms with Crippen LogP contribution in [-0.4, -0.2) is 17.1 Å². The predicted molar refractivity (Wildman–Crippen MR) is 91.7 cm³/mol. The van der Waals surface area contributed by atoms with Crippen molar-refractivity contribution in [2.24, 2.45) is 17.8 Å². The van der Waals surface area contributed by atoms with Gasteiger partial charge < -0.3 is 10.5 Å². The first kappa shape index (κ1) is 16.8. The summed E-state index contributed by atoms with van der Waals surface area (Å²) in [6.45, 7) is 0. The van der Waals surface area contributed by atoms with Crippen LogP contribution >= 0.6 is 0 Å². The lowest BCUT2D eigenvalue weighted by Gasteiger charge is -2.33. The highest BCUT2D eigenvalue weighted by Gasteiger charge is 2.43. The molecule has 23 heavy (non-hydrogen) atoms. The smallest absolute Gasteiger partial charge is 0.303 e. The van der Waals surface area contributed by atoms with Crippen molar-refractivity contribution in [3.8, 4) is 0 Å². The Labute approximate surface area is 140 Å². The normalized spacial score (nSPS) is 34.2. The molecule has 0 spiro atoms. The number of allylic oxidation sites excluding steroid dienone is 1. The van der Waals surface area contributed by atoms with Crippen LogP contribution in [0.5, 0.6) is 0 Å². The van der Waals surface area contributed by atoms with Crippen molar-refractivity contribution in [3.63, 3.8) is 0 Å². The first-order chi connectivity index (χ1) is 11.2. The zero-order chi connectivity index (χ0) is 16.1. The van der Waals surface area contributed by atoms with Crippen LogP contribution in [0.4, 0.5) is 0 Å². The number of carbonyl (C=O) groups is 1. The fourth-order valence-corrected chi connectivity index (χ4v) is 4.90. The standard InChI is InChI=1S/C19H32N2O2/c22-19(23)11-6-4-2-1-3-5-10-17-16-12-14-8-7-9-15(14)13-18(16)21-20-17/h10,14-16,18,20-21H,1-9,11-13H2,(H,22,23). The van der Waals surface area contributed by atoms with Gasteiger partial charge in [-0.3, -0.25) is 4.79 Å². The average Bonchev–Trinajstić information content (AvgIpc) is 3.13. The molecule has 130 valence electrons. The molecule has 0 aromatic rings. The minimum atomic E-state index is -0.666. The van der Waals surface area contributed by atoms with Crippen molar-refractivity contribution in [2.45, 2.75) is 83.1 Å². The minimum absolute atomic E-state index is 0.324. The number of hydrogen-bond acceptors (Lipinski definition) is 3. The lowest BCUT2D eigenvalue weighted by Crippen LogP contribution is -2.38. The molecule has 0 radical (unpaired) electrons. The van der Waals surface area contributed by atoms with Gasteiger partial charge >= 0.3 is 5.97 Å². The Bertz CT molecular complexity index is 435. The fourth-order valence-electron chi connectivity index (χ4n) is 4.90. The fraction of sp³-hybridized carbons (Fsp3) is 0.842. The molecule has 4 unspecified atom stereocenters. The van der Waals surface area contributed by atoms with Gasteiger partial charge in [-0.2, -0.15) is 0 Å². The van der Waals surface area contributed by atoms with Crippen LogP contribution in [0, 0.1) is 17.8 Å². The number of carboxylic acids is 1. The van der Waals surface area contributed by atoms with Crippen molar-refractivity contribution in [1.29, 1.82) is 0 Å². The van der Waals surface area contributed by atoms with Crippen molar-refractivity contribution in [2.75, 3.05) is 0 Å². The summed E-state index contributed by atoms with van der Waals surface area (Å²) in [5.74, 6) is 2.03. The summed E-state index contributed by atoms with van der Waals surface area (Å²) in [4.78, 5) is 10.4. The van der Waals surface area contributed by atoms with E-state index in [1.807, 2.05) is 0 Å². The Morgan fingerprint density at radius 3 is 2.65 bits per heavy atom. The number of hydrogen-bond donors (Lipinski definition) is 3. The van der Waals surface area contributed by atoms with Crippen LogP contribution in [0.25, 0.3) is 0 Å². The lowest BCUT2D eigenvalue weighted by molar-refractivity contribution is -0.137. The summed E-state index contributed by atoms with van der Waals surface area (Å²) in [6.07, 6.45) is 16.5. The summed E-state index contributed by atoms with van der Waals surface area (Å²) >= 11 is 0. The van der Waals surface area contributed by atoms with E-state index in [1.54, 1.807) is 0 Å². The molecule has 2 saturated carbocycles. The van der Waals surface area contributed by atoms with E-state index in [0.717, 1.165) is 43.4 Å². The van der Waals surface area contributed by atoms with Gasteiger partial charge in [0.05, 0.1) is 0 Å². The Kier molecular flexibility index (Phi) is 5.98. The summed E-state index contributed by atoms with van der Waals surface area (Å²) in [5, 5.41) is 8.61. The third-order valence-corrected chi connectivity index (χ3v) is 6.18. The number of aliphatic carboxylic acids is 1. The number of rotatable bonds is 8. The molecule has 1 heterocycles. The molecule has 4 atom stereocenters. The van der Waals surface area contributed by atoms with Crippen LogP contribution < -0.4 is 10.9 Å². The lowest BCUT2D eigenvalue weighted by atomic mass is 9.72. The van der Waals surface area contributed by atoms with Gasteiger partial charge in [0.25, 0.3) is 0 Å². The van der Waals surface area contributed by atoms with E-state index in [-0.39, 0.29) is 0 Å². The van der Waals surface area contributed by atoms with E-state index >= 15 is 0 Å². The second kappa shape index (κ2) is 8.18. The molecule has 1 aliphatic heterocycles. The van der Waals surface area contributed by atoms with Crippen molar-refractivity contribution in [3.05, 3.63) is 11.8 Å². The monoisotopic (exact) mass is 320 g/mol. The van der Waals surface area contributed by atoms with Gasteiger partial charge in [0.2, 0.25) is 0 Å². The SMILES string of the molecule is O=C(O)CCCCCCCC=C1NNC2CC3CCCC3CC12. The highest BCUT2D eigenvalue weighted by molar-refractivity contribution is 5.66. The van der Waals surface area contributed by atoms with Gasteiger partial charge in [0, 0.05) is 24.1 Å². The molecule has 0 amide bonds. The van der Waals surface area contributed by atoms with Crippen LogP contribution in [0.1, 0.15) is 77.0 Å². The highest BCUT2D eigenvalue weighted by Crippen LogP contribution is 2.47. The molecule has 4 heteroatoms. The summed E-state index contributed by atoms with van der Waals surface area (Å²) < 4.78 is 0. The number of hydrazine groups is 1. The summed E-state index contributed by atoms with van der Waals surface area (Å²) in [7, 11) is 0. The largest absolute Gasteiger partial charge is 0.481 e. The molecular weight excluding hydrogens is 288 g/mol. The van der Waals surface area contributed by atoms with Crippen LogP contribution in [0.3, 0.4) is 0 Å². The third-order valence-electron chi connectivity index (χ3n) is 6.18. The first-order valence-electron chi connectivity index (χ1n) is 9.67. The number of unbranched alkanes of at least 4 members (excludes halogenated alkanes) is 5. The van der Waals surface area contributed by atoms with Gasteiger partial charge in [-0.15, -0.1) is 0 Å². The van der Waals surface area contributed by atoms with E-state index in [0.29, 0.717) is 12.5 Å². The maximum Gasteiger partial charge on any atom is 0.303 e. The molecule has 3 rings (SSSR count). The van der Waals surface area contributed by atoms with Gasteiger partial charge in [0.15, 0.2) is 0 Å². The van der Waals surface area contributed by atoms with E-state index in [4.69, 9.17) is 5.11 Å². The van der Waals surface area contributed by atoms with E-state index in [2.05, 4.69) is 16.9 Å². The molecule has 4 nitrogen and oxygen atoms in total. The van der Waals surface area contributed by atoms with Gasteiger partial charge in [-0.05, 0) is 43.9 Å². The van der Waals surface area contributed by atoms with Gasteiger partial charge in [0.1, 0.15) is 0 Å². The quantitative estimate of drug-likeness (QED) is 0.592. The molecule has 1 saturated heterocycles. The first-order valence-corrected chi connectivity index (χ1v) is 9.67. The molecule has 3 N–H and O–H groups in total. The predicted octanol–water partition coefficient (Wildman–Crippen LogP) is 3.99. The molecular formula is C19H32N2O2. The molecule has 3 fully saturated rings. The average molecular weight is 320 g/mol. The van der Waals surface area contributed by atoms with Gasteiger partial charge in [-0.25, -0.2) is 5.43 Å². The number of nitrogens with one attached hydrogen (secondary N) is 2. The Hall–Kier alpha value is -1.03. The van der Waals surface area contributed by atoms with Crippen molar-refractivity contribution >= 4 is 5.97 Å². The summed E-state index contributed by atoms with van der Waals surface area (Å²) in [5.41, 5.74) is 8.43. The third kappa shape index (κ3) is 4.50.